The summed E-state index contributed by atoms with van der Waals surface area (Å²) in [5.41, 5.74) is 8.56. The van der Waals surface area contributed by atoms with Crippen molar-refractivity contribution in [1.82, 2.24) is 29.6 Å². The van der Waals surface area contributed by atoms with Gasteiger partial charge in [0.15, 0.2) is 5.65 Å². The van der Waals surface area contributed by atoms with Crippen LogP contribution in [0.5, 0.6) is 0 Å². The number of aliphatic hydroxyl groups is 1. The predicted octanol–water partition coefficient (Wildman–Crippen LogP) is 2.58. The van der Waals surface area contributed by atoms with Gasteiger partial charge in [0.05, 0.1) is 46.7 Å². The van der Waals surface area contributed by atoms with Gasteiger partial charge < -0.3 is 26.0 Å². The Labute approximate surface area is 213 Å². The number of piperidine rings is 1. The number of likely N-dealkylation sites (tertiary alicyclic amines) is 1. The molecule has 3 aliphatic rings. The van der Waals surface area contributed by atoms with Gasteiger partial charge in [-0.25, -0.2) is 9.97 Å². The second-order valence-corrected chi connectivity index (χ2v) is 10.8. The number of nitrogens with one attached hydrogen (secondary N) is 2. The van der Waals surface area contributed by atoms with Crippen LogP contribution in [0.25, 0.3) is 22.6 Å². The first-order valence-electron chi connectivity index (χ1n) is 12.6. The second kappa shape index (κ2) is 9.17. The zero-order chi connectivity index (χ0) is 25.0. The first-order valence-corrected chi connectivity index (χ1v) is 13.0. The van der Waals surface area contributed by atoms with Crippen LogP contribution in [0.3, 0.4) is 0 Å². The number of hydrogen-bond donors (Lipinski definition) is 4. The van der Waals surface area contributed by atoms with Gasteiger partial charge in [0.1, 0.15) is 11.3 Å². The number of H-pyrrole nitrogens is 1. The number of rotatable bonds is 7. The molecule has 190 valence electrons. The Bertz CT molecular complexity index is 1310. The number of nitrogens with zero attached hydrogens (tertiary/aromatic N) is 5. The van der Waals surface area contributed by atoms with Gasteiger partial charge in [-0.1, -0.05) is 23.8 Å². The Balaban J connectivity index is 1.23. The Morgan fingerprint density at radius 3 is 2.83 bits per heavy atom. The number of β-amino-alcohol motifs (C(OH)–C–C–N with tert-alkyl or cyclic N) is 1. The zero-order valence-corrected chi connectivity index (χ0v) is 20.9. The maximum absolute atomic E-state index is 12.2. The van der Waals surface area contributed by atoms with E-state index in [0.717, 1.165) is 37.9 Å². The molecule has 0 spiro atoms. The molecule has 36 heavy (non-hydrogen) atoms. The van der Waals surface area contributed by atoms with E-state index in [1.807, 2.05) is 24.0 Å². The van der Waals surface area contributed by atoms with Crippen LogP contribution in [0.1, 0.15) is 32.2 Å². The van der Waals surface area contributed by atoms with E-state index >= 15 is 0 Å². The van der Waals surface area contributed by atoms with E-state index in [-0.39, 0.29) is 35.8 Å². The molecule has 0 radical (unpaired) electrons. The van der Waals surface area contributed by atoms with Crippen LogP contribution < -0.4 is 11.1 Å². The number of imidazole rings is 1. The number of fused-ring (bicyclic) bond motifs is 3. The first-order chi connectivity index (χ1) is 17.4. The summed E-state index contributed by atoms with van der Waals surface area (Å²) in [5, 5.41) is 18.2. The minimum Gasteiger partial charge on any atom is -0.392 e. The van der Waals surface area contributed by atoms with Crippen molar-refractivity contribution in [2.75, 3.05) is 25.0 Å². The van der Waals surface area contributed by atoms with E-state index in [4.69, 9.17) is 22.3 Å². The molecule has 10 nitrogen and oxygen atoms in total. The number of aromatic nitrogens is 5. The number of halogens is 1. The molecule has 1 amide bonds. The highest BCUT2D eigenvalue weighted by molar-refractivity contribution is 6.34. The number of aromatic amines is 1. The highest BCUT2D eigenvalue weighted by Gasteiger charge is 2.47. The maximum atomic E-state index is 12.2. The van der Waals surface area contributed by atoms with Gasteiger partial charge in [-0.2, -0.15) is 5.10 Å². The van der Waals surface area contributed by atoms with Crippen molar-refractivity contribution in [2.45, 2.75) is 44.4 Å². The zero-order valence-electron chi connectivity index (χ0n) is 20.1. The average Bonchev–Trinajstić information content (AvgIpc) is 3.63. The molecule has 3 aromatic heterocycles. The number of aliphatic hydroxyl groups excluding tert-OH is 1. The SMILES string of the molecule is C[C@@H](O)CN1CCC(n2cc(-c3nc4ncc(Cl)c(N[C@H]5[C@@H](C(N)=O)[C@@H]6C=C[C@H]5C6)c4[nH]3)cn2)CC1. The monoisotopic (exact) mass is 510 g/mol. The lowest BCUT2D eigenvalue weighted by molar-refractivity contribution is -0.122. The lowest BCUT2D eigenvalue weighted by Crippen LogP contribution is -2.41. The highest BCUT2D eigenvalue weighted by atomic mass is 35.5. The summed E-state index contributed by atoms with van der Waals surface area (Å²) in [6.45, 7) is 4.42. The van der Waals surface area contributed by atoms with Crippen molar-refractivity contribution in [3.05, 3.63) is 35.8 Å². The third-order valence-electron chi connectivity index (χ3n) is 7.90. The van der Waals surface area contributed by atoms with E-state index in [9.17, 15) is 9.90 Å². The predicted molar refractivity (Wildman–Crippen MR) is 137 cm³/mol. The summed E-state index contributed by atoms with van der Waals surface area (Å²) >= 11 is 6.57. The molecule has 5 N–H and O–H groups in total. The quantitative estimate of drug-likeness (QED) is 0.358. The van der Waals surface area contributed by atoms with E-state index in [2.05, 4.69) is 37.4 Å². The standard InChI is InChI=1S/C25H31ClN8O2/c1-13(35)11-33-6-4-17(5-7-33)34-12-16(9-29-34)24-31-22-21(18(26)10-28-25(22)32-24)30-20-15-3-2-14(8-15)19(20)23(27)36/h2-3,9-10,12-15,17,19-20,35H,4-8,11H2,1H3,(H2,27,36)(H2,28,30,31,32)/t13-,14-,15+,19+,20-/m1/s1. The molecular formula is C25H31ClN8O2. The summed E-state index contributed by atoms with van der Waals surface area (Å²) in [6, 6.07) is 0.199. The van der Waals surface area contributed by atoms with Crippen LogP contribution in [0.15, 0.2) is 30.7 Å². The molecule has 3 aromatic rings. The van der Waals surface area contributed by atoms with Gasteiger partial charge in [0.2, 0.25) is 5.91 Å². The number of carbonyl (C=O) groups excluding carboxylic acids is 1. The molecule has 2 aliphatic carbocycles. The number of allylic oxidation sites excluding steroid dienone is 1. The number of pyridine rings is 1. The van der Waals surface area contributed by atoms with Crippen molar-refractivity contribution in [3.8, 4) is 11.4 Å². The fourth-order valence-corrected chi connectivity index (χ4v) is 6.38. The smallest absolute Gasteiger partial charge is 0.223 e. The molecule has 0 aromatic carbocycles. The maximum Gasteiger partial charge on any atom is 0.223 e. The van der Waals surface area contributed by atoms with Crippen LogP contribution >= 0.6 is 11.6 Å². The Hall–Kier alpha value is -2.95. The lowest BCUT2D eigenvalue weighted by Gasteiger charge is -2.32. The molecule has 1 aliphatic heterocycles. The van der Waals surface area contributed by atoms with E-state index in [1.54, 1.807) is 6.20 Å². The molecule has 4 heterocycles. The van der Waals surface area contributed by atoms with Crippen LogP contribution in [0.2, 0.25) is 5.02 Å². The minimum atomic E-state index is -0.311. The van der Waals surface area contributed by atoms with Gasteiger partial charge in [-0.15, -0.1) is 0 Å². The summed E-state index contributed by atoms with van der Waals surface area (Å²) in [4.78, 5) is 27.0. The Morgan fingerprint density at radius 2 is 2.08 bits per heavy atom. The van der Waals surface area contributed by atoms with E-state index in [0.29, 0.717) is 40.3 Å². The molecule has 1 saturated heterocycles. The molecule has 11 heteroatoms. The summed E-state index contributed by atoms with van der Waals surface area (Å²) in [6.07, 6.45) is 12.3. The number of amides is 1. The van der Waals surface area contributed by atoms with Gasteiger partial charge >= 0.3 is 0 Å². The van der Waals surface area contributed by atoms with E-state index in [1.165, 1.54) is 0 Å². The number of hydrogen-bond acceptors (Lipinski definition) is 7. The number of anilines is 1. The Kier molecular flexibility index (Phi) is 5.97. The van der Waals surface area contributed by atoms with Crippen LogP contribution in [0, 0.1) is 17.8 Å². The molecule has 6 rings (SSSR count). The number of primary amides is 1. The topological polar surface area (TPSA) is 138 Å². The van der Waals surface area contributed by atoms with Crippen molar-refractivity contribution in [1.29, 1.82) is 0 Å². The van der Waals surface area contributed by atoms with Crippen LogP contribution in [0.4, 0.5) is 5.69 Å². The number of nitrogens with two attached hydrogens (primary N) is 1. The van der Waals surface area contributed by atoms with Crippen molar-refractivity contribution >= 4 is 34.4 Å². The highest BCUT2D eigenvalue weighted by Crippen LogP contribution is 2.46. The van der Waals surface area contributed by atoms with Gasteiger partial charge in [0, 0.05) is 31.9 Å². The van der Waals surface area contributed by atoms with Crippen LogP contribution in [-0.2, 0) is 4.79 Å². The van der Waals surface area contributed by atoms with Crippen molar-refractivity contribution in [2.24, 2.45) is 23.5 Å². The fourth-order valence-electron chi connectivity index (χ4n) is 6.19. The molecule has 2 fully saturated rings. The average molecular weight is 511 g/mol. The second-order valence-electron chi connectivity index (χ2n) is 10.4. The van der Waals surface area contributed by atoms with Crippen LogP contribution in [-0.4, -0.2) is 72.4 Å². The molecule has 2 bridgehead atoms. The molecule has 0 unspecified atom stereocenters. The summed E-state index contributed by atoms with van der Waals surface area (Å²) in [5.74, 6) is 0.509. The largest absolute Gasteiger partial charge is 0.392 e. The minimum absolute atomic E-state index is 0.116. The van der Waals surface area contributed by atoms with Crippen molar-refractivity contribution in [3.63, 3.8) is 0 Å². The lowest BCUT2D eigenvalue weighted by atomic mass is 9.88. The van der Waals surface area contributed by atoms with Gasteiger partial charge in [-0.05, 0) is 38.0 Å². The summed E-state index contributed by atoms with van der Waals surface area (Å²) < 4.78 is 2.01. The van der Waals surface area contributed by atoms with Crippen molar-refractivity contribution < 1.29 is 9.90 Å². The first kappa shape index (κ1) is 23.4. The number of carbonyl (C=O) groups is 1. The molecular weight excluding hydrogens is 480 g/mol. The van der Waals surface area contributed by atoms with Gasteiger partial charge in [-0.3, -0.25) is 9.48 Å². The Morgan fingerprint density at radius 1 is 1.31 bits per heavy atom. The normalized spacial score (nSPS) is 27.2. The third-order valence-corrected chi connectivity index (χ3v) is 8.19. The molecule has 5 atom stereocenters. The molecule has 1 saturated carbocycles. The van der Waals surface area contributed by atoms with E-state index < -0.39 is 0 Å². The fraction of sp³-hybridized carbons (Fsp3) is 0.520. The summed E-state index contributed by atoms with van der Waals surface area (Å²) in [7, 11) is 0. The third kappa shape index (κ3) is 4.16. The van der Waals surface area contributed by atoms with Gasteiger partial charge in [0.25, 0.3) is 0 Å².